The van der Waals surface area contributed by atoms with Crippen LogP contribution in [-0.2, 0) is 0 Å². The Morgan fingerprint density at radius 2 is 1.76 bits per heavy atom. The lowest BCUT2D eigenvalue weighted by Gasteiger charge is -2.26. The van der Waals surface area contributed by atoms with Crippen molar-refractivity contribution in [1.29, 1.82) is 0 Å². The number of carbonyl (C=O) groups excluding carboxylic acids is 1. The van der Waals surface area contributed by atoms with Crippen LogP contribution in [0.5, 0.6) is 17.2 Å². The predicted octanol–water partition coefficient (Wildman–Crippen LogP) is 2.85. The number of methoxy groups -OCH3 is 3. The van der Waals surface area contributed by atoms with Gasteiger partial charge in [-0.15, -0.1) is 11.6 Å². The zero-order valence-corrected chi connectivity index (χ0v) is 13.8. The molecule has 0 radical (unpaired) electrons. The van der Waals surface area contributed by atoms with Crippen LogP contribution in [-0.4, -0.2) is 38.7 Å². The number of hydrogen-bond acceptors (Lipinski definition) is 4. The molecule has 1 rings (SSSR count). The molecule has 0 bridgehead atoms. The van der Waals surface area contributed by atoms with Crippen molar-refractivity contribution in [2.24, 2.45) is 0 Å². The van der Waals surface area contributed by atoms with Crippen molar-refractivity contribution in [2.75, 3.05) is 27.2 Å². The van der Waals surface area contributed by atoms with Gasteiger partial charge >= 0.3 is 0 Å². The highest BCUT2D eigenvalue weighted by Crippen LogP contribution is 2.39. The molecule has 0 saturated carbocycles. The maximum Gasteiger partial charge on any atom is 0.255 e. The Hall–Kier alpha value is -1.62. The van der Waals surface area contributed by atoms with Crippen LogP contribution in [0.2, 0.25) is 0 Å². The first-order valence-corrected chi connectivity index (χ1v) is 7.11. The quantitative estimate of drug-likeness (QED) is 0.786. The molecule has 0 unspecified atom stereocenters. The molecule has 0 aliphatic rings. The molecule has 0 heterocycles. The third kappa shape index (κ3) is 4.17. The first-order valence-electron chi connectivity index (χ1n) is 6.57. The van der Waals surface area contributed by atoms with Crippen LogP contribution in [0.1, 0.15) is 30.6 Å². The summed E-state index contributed by atoms with van der Waals surface area (Å²) in [5.74, 6) is 1.46. The predicted molar refractivity (Wildman–Crippen MR) is 83.0 cm³/mol. The van der Waals surface area contributed by atoms with E-state index in [9.17, 15) is 4.79 Å². The van der Waals surface area contributed by atoms with Crippen LogP contribution in [0.4, 0.5) is 0 Å². The summed E-state index contributed by atoms with van der Waals surface area (Å²) in [7, 11) is 4.51. The molecule has 118 valence electrons. The van der Waals surface area contributed by atoms with Gasteiger partial charge in [0.05, 0.1) is 26.9 Å². The smallest absolute Gasteiger partial charge is 0.255 e. The minimum absolute atomic E-state index is 0.247. The zero-order valence-electron chi connectivity index (χ0n) is 13.1. The van der Waals surface area contributed by atoms with Crippen molar-refractivity contribution in [2.45, 2.75) is 25.8 Å². The van der Waals surface area contributed by atoms with Crippen LogP contribution in [0.3, 0.4) is 0 Å². The van der Waals surface area contributed by atoms with E-state index in [4.69, 9.17) is 25.8 Å². The number of rotatable bonds is 7. The summed E-state index contributed by atoms with van der Waals surface area (Å²) >= 11 is 5.75. The lowest BCUT2D eigenvalue weighted by atomic mass is 10.0. The Bertz CT molecular complexity index is 503. The normalized spacial score (nSPS) is 11.0. The minimum Gasteiger partial charge on any atom is -0.493 e. The fraction of sp³-hybridized carbons (Fsp3) is 0.533. The van der Waals surface area contributed by atoms with E-state index in [1.165, 1.54) is 21.3 Å². The highest BCUT2D eigenvalue weighted by atomic mass is 35.5. The molecule has 0 aliphatic heterocycles. The van der Waals surface area contributed by atoms with E-state index in [0.29, 0.717) is 35.1 Å². The van der Waals surface area contributed by atoms with Crippen molar-refractivity contribution in [3.8, 4) is 17.2 Å². The number of alkyl halides is 1. The van der Waals surface area contributed by atoms with Crippen molar-refractivity contribution >= 4 is 17.5 Å². The van der Waals surface area contributed by atoms with Crippen molar-refractivity contribution in [3.63, 3.8) is 0 Å². The second kappa shape index (κ2) is 7.41. The molecule has 1 amide bonds. The molecule has 0 aliphatic carbocycles. The number of ether oxygens (including phenoxy) is 3. The van der Waals surface area contributed by atoms with Gasteiger partial charge in [-0.2, -0.15) is 0 Å². The number of amides is 1. The summed E-state index contributed by atoms with van der Waals surface area (Å²) in [5.41, 5.74) is -0.0189. The molecular formula is C15H22ClNO4. The maximum absolute atomic E-state index is 12.5. The zero-order chi connectivity index (χ0) is 16.0. The van der Waals surface area contributed by atoms with Crippen LogP contribution < -0.4 is 19.5 Å². The average Bonchev–Trinajstić information content (AvgIpc) is 2.44. The molecule has 5 nitrogen and oxygen atoms in total. The molecule has 0 aromatic heterocycles. The van der Waals surface area contributed by atoms with Crippen molar-refractivity contribution in [1.82, 2.24) is 5.32 Å². The molecule has 6 heteroatoms. The molecule has 0 saturated heterocycles. The maximum atomic E-state index is 12.5. The molecule has 21 heavy (non-hydrogen) atoms. The summed E-state index contributed by atoms with van der Waals surface area (Å²) in [6.45, 7) is 3.83. The average molecular weight is 316 g/mol. The van der Waals surface area contributed by atoms with Gasteiger partial charge in [-0.05, 0) is 32.4 Å². The molecule has 1 aromatic rings. The van der Waals surface area contributed by atoms with Crippen LogP contribution in [0, 0.1) is 0 Å². The van der Waals surface area contributed by atoms with Gasteiger partial charge in [0.1, 0.15) is 0 Å². The van der Waals surface area contributed by atoms with E-state index in [1.54, 1.807) is 12.1 Å². The number of halogens is 1. The second-order valence-electron chi connectivity index (χ2n) is 5.16. The first-order chi connectivity index (χ1) is 9.90. The summed E-state index contributed by atoms with van der Waals surface area (Å²) in [5, 5.41) is 2.94. The number of hydrogen-bond donors (Lipinski definition) is 1. The molecule has 1 N–H and O–H groups in total. The summed E-state index contributed by atoms with van der Waals surface area (Å²) in [6, 6.07) is 3.32. The summed E-state index contributed by atoms with van der Waals surface area (Å²) in [4.78, 5) is 12.5. The molecular weight excluding hydrogens is 294 g/mol. The first kappa shape index (κ1) is 17.4. The van der Waals surface area contributed by atoms with Crippen molar-refractivity contribution < 1.29 is 19.0 Å². The van der Waals surface area contributed by atoms with E-state index in [2.05, 4.69) is 5.32 Å². The Morgan fingerprint density at radius 1 is 1.14 bits per heavy atom. The Labute approximate surface area is 130 Å². The van der Waals surface area contributed by atoms with E-state index in [-0.39, 0.29) is 5.91 Å². The van der Waals surface area contributed by atoms with Gasteiger partial charge in [0.15, 0.2) is 11.5 Å². The highest BCUT2D eigenvalue weighted by Gasteiger charge is 2.25. The van der Waals surface area contributed by atoms with Gasteiger partial charge < -0.3 is 19.5 Å². The molecule has 0 atom stereocenters. The third-order valence-electron chi connectivity index (χ3n) is 3.12. The number of nitrogens with one attached hydrogen (secondary N) is 1. The monoisotopic (exact) mass is 315 g/mol. The molecule has 1 aromatic carbocycles. The van der Waals surface area contributed by atoms with Gasteiger partial charge in [-0.25, -0.2) is 0 Å². The second-order valence-corrected chi connectivity index (χ2v) is 5.54. The standard InChI is InChI=1S/C15H22ClNO4/c1-15(2,8-9-16)17-14(18)10-6-7-11(19-3)13(21-5)12(10)20-4/h6-7H,8-9H2,1-5H3,(H,17,18). The van der Waals surface area contributed by atoms with Gasteiger partial charge in [0.2, 0.25) is 5.75 Å². The van der Waals surface area contributed by atoms with Gasteiger partial charge in [-0.1, -0.05) is 0 Å². The summed E-state index contributed by atoms with van der Waals surface area (Å²) < 4.78 is 15.8. The van der Waals surface area contributed by atoms with Crippen LogP contribution in [0.25, 0.3) is 0 Å². The minimum atomic E-state index is -0.406. The number of carbonyl (C=O) groups is 1. The van der Waals surface area contributed by atoms with E-state index < -0.39 is 5.54 Å². The van der Waals surface area contributed by atoms with Crippen molar-refractivity contribution in [3.05, 3.63) is 17.7 Å². The lowest BCUT2D eigenvalue weighted by molar-refractivity contribution is 0.0908. The topological polar surface area (TPSA) is 56.8 Å². The van der Waals surface area contributed by atoms with Gasteiger partial charge in [0, 0.05) is 11.4 Å². The number of benzene rings is 1. The van der Waals surface area contributed by atoms with E-state index >= 15 is 0 Å². The largest absolute Gasteiger partial charge is 0.493 e. The van der Waals surface area contributed by atoms with Gasteiger partial charge in [0.25, 0.3) is 5.91 Å². The fourth-order valence-electron chi connectivity index (χ4n) is 1.95. The SMILES string of the molecule is COc1ccc(C(=O)NC(C)(C)CCCl)c(OC)c1OC. The van der Waals surface area contributed by atoms with E-state index in [1.807, 2.05) is 13.8 Å². The fourth-order valence-corrected chi connectivity index (χ4v) is 2.43. The Balaban J connectivity index is 3.15. The lowest BCUT2D eigenvalue weighted by Crippen LogP contribution is -2.43. The highest BCUT2D eigenvalue weighted by molar-refractivity contribution is 6.17. The van der Waals surface area contributed by atoms with Gasteiger partial charge in [-0.3, -0.25) is 4.79 Å². The Kier molecular flexibility index (Phi) is 6.15. The third-order valence-corrected chi connectivity index (χ3v) is 3.31. The molecule has 0 spiro atoms. The van der Waals surface area contributed by atoms with Crippen LogP contribution in [0.15, 0.2) is 12.1 Å². The summed E-state index contributed by atoms with van der Waals surface area (Å²) in [6.07, 6.45) is 0.663. The van der Waals surface area contributed by atoms with Crippen LogP contribution >= 0.6 is 11.6 Å². The molecule has 0 fully saturated rings. The Morgan fingerprint density at radius 3 is 2.24 bits per heavy atom. The van der Waals surface area contributed by atoms with E-state index in [0.717, 1.165) is 0 Å².